The van der Waals surface area contributed by atoms with E-state index >= 15 is 0 Å². The van der Waals surface area contributed by atoms with Crippen LogP contribution in [0.4, 0.5) is 5.69 Å². The maximum Gasteiger partial charge on any atom is 0.0621 e. The highest BCUT2D eigenvalue weighted by Gasteiger charge is 2.44. The van der Waals surface area contributed by atoms with Gasteiger partial charge in [0.2, 0.25) is 0 Å². The minimum absolute atomic E-state index is 0.0806. The Morgan fingerprint density at radius 2 is 2.31 bits per heavy atom. The van der Waals surface area contributed by atoms with Gasteiger partial charge in [-0.3, -0.25) is 4.98 Å². The molecular weight excluding hydrogens is 268 g/mol. The van der Waals surface area contributed by atoms with E-state index in [0.29, 0.717) is 12.0 Å². The Kier molecular flexibility index (Phi) is 2.44. The van der Waals surface area contributed by atoms with E-state index in [1.54, 1.807) is 0 Å². The number of rotatable bonds is 1. The van der Waals surface area contributed by atoms with Gasteiger partial charge in [-0.15, -0.1) is 0 Å². The molecule has 1 saturated carbocycles. The van der Waals surface area contributed by atoms with Crippen LogP contribution in [0.5, 0.6) is 0 Å². The Hall–Kier alpha value is -0.610. The van der Waals surface area contributed by atoms with Crippen molar-refractivity contribution in [1.82, 2.24) is 4.98 Å². The zero-order valence-corrected chi connectivity index (χ0v) is 10.8. The van der Waals surface area contributed by atoms with Gasteiger partial charge in [0.25, 0.3) is 0 Å². The van der Waals surface area contributed by atoms with Gasteiger partial charge in [0.15, 0.2) is 0 Å². The van der Waals surface area contributed by atoms with Gasteiger partial charge in [-0.25, -0.2) is 0 Å². The van der Waals surface area contributed by atoms with Crippen LogP contribution in [0.2, 0.25) is 0 Å². The molecule has 3 rings (SSSR count). The van der Waals surface area contributed by atoms with Gasteiger partial charge in [0, 0.05) is 24.7 Å². The van der Waals surface area contributed by atoms with Crippen molar-refractivity contribution in [3.63, 3.8) is 0 Å². The second-order valence-electron chi connectivity index (χ2n) is 4.83. The predicted molar refractivity (Wildman–Crippen MR) is 66.5 cm³/mol. The minimum Gasteiger partial charge on any atom is -0.393 e. The predicted octanol–water partition coefficient (Wildman–Crippen LogP) is 2.11. The Balaban J connectivity index is 1.92. The quantitative estimate of drug-likeness (QED) is 0.857. The van der Waals surface area contributed by atoms with Crippen LogP contribution in [-0.4, -0.2) is 28.8 Å². The molecule has 0 spiro atoms. The van der Waals surface area contributed by atoms with E-state index in [-0.39, 0.29) is 6.10 Å². The minimum atomic E-state index is -0.0806. The number of halogens is 1. The summed E-state index contributed by atoms with van der Waals surface area (Å²) in [4.78, 5) is 6.68. The van der Waals surface area contributed by atoms with E-state index in [9.17, 15) is 5.11 Å². The molecule has 0 radical (unpaired) electrons. The van der Waals surface area contributed by atoms with E-state index in [0.717, 1.165) is 29.6 Å². The van der Waals surface area contributed by atoms with E-state index in [2.05, 4.69) is 31.9 Å². The molecule has 1 N–H and O–H groups in total. The second-order valence-corrected chi connectivity index (χ2v) is 5.63. The number of aliphatic hydroxyl groups excluding tert-OH is 1. The zero-order valence-electron chi connectivity index (χ0n) is 9.23. The summed E-state index contributed by atoms with van der Waals surface area (Å²) >= 11 is 3.61. The number of aromatic nitrogens is 1. The van der Waals surface area contributed by atoms with Crippen molar-refractivity contribution in [2.24, 2.45) is 5.92 Å². The molecule has 2 heterocycles. The number of pyridine rings is 1. The molecule has 1 saturated heterocycles. The van der Waals surface area contributed by atoms with Gasteiger partial charge in [-0.2, -0.15) is 0 Å². The van der Waals surface area contributed by atoms with Gasteiger partial charge in [-0.1, -0.05) is 0 Å². The summed E-state index contributed by atoms with van der Waals surface area (Å²) in [5.41, 5.74) is 2.26. The fraction of sp³-hybridized carbons (Fsp3) is 0.583. The molecule has 86 valence electrons. The summed E-state index contributed by atoms with van der Waals surface area (Å²) < 4.78 is 1.09. The van der Waals surface area contributed by atoms with Gasteiger partial charge >= 0.3 is 0 Å². The molecule has 3 nitrogen and oxygen atoms in total. The molecule has 1 aromatic heterocycles. The highest BCUT2D eigenvalue weighted by atomic mass is 79.9. The van der Waals surface area contributed by atoms with Gasteiger partial charge in [0.05, 0.1) is 22.0 Å². The van der Waals surface area contributed by atoms with Crippen LogP contribution in [0.1, 0.15) is 18.5 Å². The Morgan fingerprint density at radius 1 is 1.50 bits per heavy atom. The lowest BCUT2D eigenvalue weighted by atomic mass is 10.1. The van der Waals surface area contributed by atoms with Crippen LogP contribution >= 0.6 is 15.9 Å². The molecule has 2 aliphatic rings. The lowest BCUT2D eigenvalue weighted by Gasteiger charge is -2.32. The lowest BCUT2D eigenvalue weighted by molar-refractivity contribution is 0.127. The van der Waals surface area contributed by atoms with Gasteiger partial charge < -0.3 is 10.0 Å². The van der Waals surface area contributed by atoms with E-state index in [1.807, 2.05) is 13.1 Å². The van der Waals surface area contributed by atoms with Crippen LogP contribution < -0.4 is 4.90 Å². The molecule has 0 amide bonds. The topological polar surface area (TPSA) is 36.4 Å². The summed E-state index contributed by atoms with van der Waals surface area (Å²) in [6.45, 7) is 2.99. The van der Waals surface area contributed by atoms with Crippen LogP contribution in [0, 0.1) is 12.8 Å². The molecule has 0 unspecified atom stereocenters. The first-order valence-electron chi connectivity index (χ1n) is 5.72. The Bertz CT molecular complexity index is 421. The summed E-state index contributed by atoms with van der Waals surface area (Å²) in [6.07, 6.45) is 3.83. The smallest absolute Gasteiger partial charge is 0.0621 e. The van der Waals surface area contributed by atoms with Crippen LogP contribution in [0.3, 0.4) is 0 Å². The average Bonchev–Trinajstić information content (AvgIpc) is 2.80. The summed E-state index contributed by atoms with van der Waals surface area (Å²) in [6, 6.07) is 2.57. The molecule has 0 aromatic carbocycles. The van der Waals surface area contributed by atoms with Crippen molar-refractivity contribution in [2.45, 2.75) is 31.9 Å². The number of nitrogens with zero attached hydrogens (tertiary/aromatic N) is 2. The van der Waals surface area contributed by atoms with Crippen molar-refractivity contribution in [3.05, 3.63) is 22.4 Å². The third-order valence-electron chi connectivity index (χ3n) is 3.86. The number of fused-ring (bicyclic) bond motifs is 2. The second kappa shape index (κ2) is 3.70. The van der Waals surface area contributed by atoms with E-state index in [1.165, 1.54) is 5.69 Å². The highest BCUT2D eigenvalue weighted by molar-refractivity contribution is 9.10. The number of hydrogen-bond donors (Lipinski definition) is 1. The molecule has 1 aliphatic heterocycles. The number of aryl methyl sites for hydroxylation is 1. The number of aliphatic hydroxyl groups is 1. The van der Waals surface area contributed by atoms with Crippen molar-refractivity contribution in [2.75, 3.05) is 11.4 Å². The molecule has 4 heteroatoms. The number of piperidine rings is 1. The molecular formula is C12H15BrN2O. The SMILES string of the molecule is Cc1nccc(N2C[C@@H]3C[C@H]2C[C@H]3O)c1Br. The van der Waals surface area contributed by atoms with Crippen LogP contribution in [-0.2, 0) is 0 Å². The van der Waals surface area contributed by atoms with Gasteiger partial charge in [0.1, 0.15) is 0 Å². The van der Waals surface area contributed by atoms with E-state index in [4.69, 9.17) is 0 Å². The first-order valence-corrected chi connectivity index (χ1v) is 6.52. The lowest BCUT2D eigenvalue weighted by Crippen LogP contribution is -2.37. The Labute approximate surface area is 104 Å². The monoisotopic (exact) mass is 282 g/mol. The van der Waals surface area contributed by atoms with Gasteiger partial charge in [-0.05, 0) is 41.8 Å². The normalized spacial score (nSPS) is 32.4. The van der Waals surface area contributed by atoms with E-state index < -0.39 is 0 Å². The Morgan fingerprint density at radius 3 is 2.94 bits per heavy atom. The molecule has 16 heavy (non-hydrogen) atoms. The van der Waals surface area contributed by atoms with Crippen molar-refractivity contribution in [3.8, 4) is 0 Å². The number of hydrogen-bond acceptors (Lipinski definition) is 3. The maximum absolute atomic E-state index is 9.76. The molecule has 1 aliphatic carbocycles. The van der Waals surface area contributed by atoms with Crippen molar-refractivity contribution < 1.29 is 5.11 Å². The fourth-order valence-electron chi connectivity index (χ4n) is 2.98. The third kappa shape index (κ3) is 1.47. The zero-order chi connectivity index (χ0) is 11.3. The number of anilines is 1. The standard InChI is InChI=1S/C12H15BrN2O/c1-7-12(13)10(2-3-14-7)15-6-8-4-9(15)5-11(8)16/h2-3,8-9,11,16H,4-6H2,1H3/t8-,9-,11+/m0/s1. The molecule has 2 bridgehead atoms. The largest absolute Gasteiger partial charge is 0.393 e. The fourth-order valence-corrected chi connectivity index (χ4v) is 3.44. The van der Waals surface area contributed by atoms with Crippen molar-refractivity contribution >= 4 is 21.6 Å². The van der Waals surface area contributed by atoms with Crippen LogP contribution in [0.15, 0.2) is 16.7 Å². The highest BCUT2D eigenvalue weighted by Crippen LogP contribution is 2.42. The first-order chi connectivity index (χ1) is 7.66. The first kappa shape index (κ1) is 10.5. The maximum atomic E-state index is 9.76. The van der Waals surface area contributed by atoms with Crippen LogP contribution in [0.25, 0.3) is 0 Å². The molecule has 1 aromatic rings. The molecule has 2 fully saturated rings. The summed E-state index contributed by atoms with van der Waals surface area (Å²) in [7, 11) is 0. The third-order valence-corrected chi connectivity index (χ3v) is 4.84. The average molecular weight is 283 g/mol. The summed E-state index contributed by atoms with van der Waals surface area (Å²) in [5.74, 6) is 0.463. The van der Waals surface area contributed by atoms with Crippen molar-refractivity contribution in [1.29, 1.82) is 0 Å². The molecule has 3 atom stereocenters. The summed E-state index contributed by atoms with van der Waals surface area (Å²) in [5, 5.41) is 9.76.